The Morgan fingerprint density at radius 2 is 2.00 bits per heavy atom. The Hall–Kier alpha value is -2.21. The molecule has 0 aliphatic heterocycles. The van der Waals surface area contributed by atoms with Crippen LogP contribution in [0.5, 0.6) is 0 Å². The van der Waals surface area contributed by atoms with Crippen LogP contribution in [0.25, 0.3) is 5.53 Å². The fourth-order valence-electron chi connectivity index (χ4n) is 1.12. The minimum atomic E-state index is -1.28. The summed E-state index contributed by atoms with van der Waals surface area (Å²) in [5.41, 5.74) is 7.38. The number of carboxylic acids is 1. The van der Waals surface area contributed by atoms with E-state index in [0.29, 0.717) is 6.21 Å². The molecule has 0 aromatic rings. The minimum absolute atomic E-state index is 0.126. The number of carbonyl (C=O) groups excluding carboxylic acids is 2. The van der Waals surface area contributed by atoms with Crippen LogP contribution in [0, 0.1) is 0 Å². The predicted octanol–water partition coefficient (Wildman–Crippen LogP) is 0.614. The highest BCUT2D eigenvalue weighted by molar-refractivity contribution is 6.25. The number of amides is 1. The molecule has 0 aromatic heterocycles. The third kappa shape index (κ3) is 8.50. The maximum absolute atomic E-state index is 11.4. The number of hydrogen-bond acceptors (Lipinski definition) is 4. The van der Waals surface area contributed by atoms with Crippen LogP contribution in [-0.4, -0.2) is 45.6 Å². The zero-order valence-electron chi connectivity index (χ0n) is 11.0. The van der Waals surface area contributed by atoms with Crippen LogP contribution >= 0.6 is 0 Å². The zero-order chi connectivity index (χ0) is 15.1. The van der Waals surface area contributed by atoms with E-state index in [1.165, 1.54) is 0 Å². The number of nitrogens with one attached hydrogen (secondary N) is 1. The van der Waals surface area contributed by atoms with Crippen LogP contribution in [-0.2, 0) is 14.3 Å². The van der Waals surface area contributed by atoms with E-state index in [4.69, 9.17) is 15.4 Å². The Morgan fingerprint density at radius 3 is 2.42 bits per heavy atom. The van der Waals surface area contributed by atoms with Gasteiger partial charge in [-0.2, -0.15) is 4.79 Å². The summed E-state index contributed by atoms with van der Waals surface area (Å²) in [5, 5.41) is 11.0. The zero-order valence-corrected chi connectivity index (χ0v) is 11.0. The monoisotopic (exact) mass is 271 g/mol. The molecule has 0 aliphatic carbocycles. The van der Waals surface area contributed by atoms with Gasteiger partial charge in [0, 0.05) is 6.42 Å². The Morgan fingerprint density at radius 1 is 1.42 bits per heavy atom. The second kappa shape index (κ2) is 7.27. The number of nitrogens with zero attached hydrogens (tertiary/aromatic N) is 2. The largest absolute Gasteiger partial charge is 0.480 e. The van der Waals surface area contributed by atoms with Crippen molar-refractivity contribution in [2.45, 2.75) is 45.3 Å². The number of alkyl carbamates (subject to hydrolysis) is 1. The molecule has 0 saturated carbocycles. The fraction of sp³-hybridized carbons (Fsp3) is 0.636. The van der Waals surface area contributed by atoms with E-state index in [1.54, 1.807) is 20.8 Å². The van der Waals surface area contributed by atoms with Gasteiger partial charge in [-0.05, 0) is 27.2 Å². The van der Waals surface area contributed by atoms with E-state index >= 15 is 0 Å². The van der Waals surface area contributed by atoms with Gasteiger partial charge in [-0.15, -0.1) is 0 Å². The molecular formula is C11H17N3O5. The van der Waals surface area contributed by atoms with Crippen LogP contribution in [0.3, 0.4) is 0 Å². The van der Waals surface area contributed by atoms with E-state index in [9.17, 15) is 14.4 Å². The molecule has 0 unspecified atom stereocenters. The molecule has 0 rings (SSSR count). The molecule has 0 spiro atoms. The molecule has 0 saturated heterocycles. The van der Waals surface area contributed by atoms with E-state index in [0.717, 1.165) is 0 Å². The number of ether oxygens (including phenoxy) is 1. The number of hydrogen-bond donors (Lipinski definition) is 2. The minimum Gasteiger partial charge on any atom is -0.480 e. The summed E-state index contributed by atoms with van der Waals surface area (Å²) in [6.45, 7) is 4.93. The van der Waals surface area contributed by atoms with Crippen molar-refractivity contribution in [3.05, 3.63) is 5.53 Å². The van der Waals surface area contributed by atoms with Gasteiger partial charge in [0.05, 0.1) is 0 Å². The van der Waals surface area contributed by atoms with Crippen molar-refractivity contribution in [1.29, 1.82) is 0 Å². The van der Waals surface area contributed by atoms with Gasteiger partial charge in [0.25, 0.3) is 0 Å². The van der Waals surface area contributed by atoms with Gasteiger partial charge in [0.15, 0.2) is 0 Å². The van der Waals surface area contributed by atoms with Gasteiger partial charge in [-0.25, -0.2) is 9.59 Å². The number of aliphatic carboxylic acids is 1. The maximum Gasteiger partial charge on any atom is 0.408 e. The molecule has 1 amide bonds. The molecule has 0 radical (unpaired) electrons. The molecule has 1 atom stereocenters. The van der Waals surface area contributed by atoms with Crippen molar-refractivity contribution in [3.8, 4) is 0 Å². The van der Waals surface area contributed by atoms with E-state index in [1.807, 2.05) is 0 Å². The number of carbonyl (C=O) groups is 3. The van der Waals surface area contributed by atoms with Crippen molar-refractivity contribution in [2.24, 2.45) is 0 Å². The molecule has 2 N–H and O–H groups in total. The fourth-order valence-corrected chi connectivity index (χ4v) is 1.12. The highest BCUT2D eigenvalue weighted by Gasteiger charge is 2.24. The quantitative estimate of drug-likeness (QED) is 0.415. The van der Waals surface area contributed by atoms with Gasteiger partial charge in [0.1, 0.15) is 11.6 Å². The second-order valence-corrected chi connectivity index (χ2v) is 4.79. The number of rotatable bonds is 6. The van der Waals surface area contributed by atoms with E-state index in [-0.39, 0.29) is 12.8 Å². The highest BCUT2D eigenvalue weighted by atomic mass is 16.6. The number of ketones is 1. The third-order valence-electron chi connectivity index (χ3n) is 1.87. The average Bonchev–Trinajstić information content (AvgIpc) is 2.21. The Labute approximate surface area is 110 Å². The van der Waals surface area contributed by atoms with Crippen molar-refractivity contribution in [2.75, 3.05) is 0 Å². The molecular weight excluding hydrogens is 254 g/mol. The SMILES string of the molecule is CC(C)(C)OC(=O)N[C@@H](CCC(=O)C=[N+]=[N-])C(=O)O. The summed E-state index contributed by atoms with van der Waals surface area (Å²) in [4.78, 5) is 35.9. The Balaban J connectivity index is 4.42. The predicted molar refractivity (Wildman–Crippen MR) is 64.7 cm³/mol. The average molecular weight is 271 g/mol. The lowest BCUT2D eigenvalue weighted by Gasteiger charge is -2.21. The molecule has 8 heteroatoms. The van der Waals surface area contributed by atoms with E-state index < -0.39 is 29.5 Å². The first-order valence-corrected chi connectivity index (χ1v) is 5.58. The first kappa shape index (κ1) is 16.8. The lowest BCUT2D eigenvalue weighted by Crippen LogP contribution is -2.43. The molecule has 106 valence electrons. The third-order valence-corrected chi connectivity index (χ3v) is 1.87. The Kier molecular flexibility index (Phi) is 6.43. The molecule has 0 heterocycles. The van der Waals surface area contributed by atoms with Crippen LogP contribution in [0.15, 0.2) is 0 Å². The molecule has 0 aliphatic rings. The highest BCUT2D eigenvalue weighted by Crippen LogP contribution is 2.07. The van der Waals surface area contributed by atoms with Crippen molar-refractivity contribution < 1.29 is 29.0 Å². The van der Waals surface area contributed by atoms with Crippen LogP contribution in [0.1, 0.15) is 33.6 Å². The summed E-state index contributed by atoms with van der Waals surface area (Å²) in [6, 6.07) is -1.24. The van der Waals surface area contributed by atoms with Gasteiger partial charge >= 0.3 is 18.3 Å². The summed E-state index contributed by atoms with van der Waals surface area (Å²) < 4.78 is 4.91. The van der Waals surface area contributed by atoms with E-state index in [2.05, 4.69) is 10.1 Å². The van der Waals surface area contributed by atoms with Crippen molar-refractivity contribution in [1.82, 2.24) is 5.32 Å². The molecule has 8 nitrogen and oxygen atoms in total. The number of carboxylic acid groups (broad SMARTS) is 1. The van der Waals surface area contributed by atoms with Crippen LogP contribution in [0.2, 0.25) is 0 Å². The molecule has 0 fully saturated rings. The Bertz CT molecular complexity index is 407. The summed E-state index contributed by atoms with van der Waals surface area (Å²) in [5.74, 6) is -1.82. The van der Waals surface area contributed by atoms with Gasteiger partial charge in [-0.1, -0.05) is 0 Å². The normalized spacial score (nSPS) is 11.9. The molecule has 0 bridgehead atoms. The standard InChI is InChI=1S/C11H17N3O5/c1-11(2,3)19-10(18)14-8(9(16)17)5-4-7(15)6-13-12/h6,8H,4-5H2,1-3H3,(H,14,18)(H,16,17)/t8-/m0/s1. The molecule has 19 heavy (non-hydrogen) atoms. The van der Waals surface area contributed by atoms with Gasteiger partial charge in [0.2, 0.25) is 5.78 Å². The summed E-state index contributed by atoms with van der Waals surface area (Å²) >= 11 is 0. The maximum atomic E-state index is 11.4. The van der Waals surface area contributed by atoms with Crippen LogP contribution in [0.4, 0.5) is 4.79 Å². The van der Waals surface area contributed by atoms with Gasteiger partial charge in [-0.3, -0.25) is 4.79 Å². The number of Topliss-reactive ketones (excluding diaryl/α,β-unsaturated/α-hetero) is 1. The lowest BCUT2D eigenvalue weighted by molar-refractivity contribution is -0.139. The summed E-state index contributed by atoms with van der Waals surface area (Å²) in [7, 11) is 0. The van der Waals surface area contributed by atoms with Crippen molar-refractivity contribution in [3.63, 3.8) is 0 Å². The summed E-state index contributed by atoms with van der Waals surface area (Å²) in [6.07, 6.45) is -0.494. The smallest absolute Gasteiger partial charge is 0.408 e. The first-order valence-electron chi connectivity index (χ1n) is 5.58. The second-order valence-electron chi connectivity index (χ2n) is 4.79. The van der Waals surface area contributed by atoms with Crippen LogP contribution < -0.4 is 5.32 Å². The first-order chi connectivity index (χ1) is 8.65. The lowest BCUT2D eigenvalue weighted by atomic mass is 10.1. The van der Waals surface area contributed by atoms with Gasteiger partial charge < -0.3 is 20.7 Å². The van der Waals surface area contributed by atoms with Crippen molar-refractivity contribution >= 4 is 24.1 Å². The topological polar surface area (TPSA) is 129 Å². The molecule has 0 aromatic carbocycles.